The highest BCUT2D eigenvalue weighted by Gasteiger charge is 2.34. The number of fused-ring (bicyclic) bond motifs is 1. The van der Waals surface area contributed by atoms with Crippen molar-refractivity contribution in [2.24, 2.45) is 0 Å². The standard InChI is InChI=1S/C25H27F3N6O5/c26-25(27,28)18-14-22(35)39-20-13-16(1-2-17(18)20)30-23(36)19-15-21(29-3-4-33-5-9-37-10-6-33)32-24(31-19)34-7-11-38-12-8-34/h1-2,13-15H,3-12H2,(H,30,36)(H,29,31,32). The van der Waals surface area contributed by atoms with Crippen LogP contribution in [0.15, 0.2) is 39.5 Å². The monoisotopic (exact) mass is 548 g/mol. The minimum Gasteiger partial charge on any atom is -0.423 e. The average Bonchev–Trinajstić information content (AvgIpc) is 2.93. The van der Waals surface area contributed by atoms with Gasteiger partial charge >= 0.3 is 11.8 Å². The van der Waals surface area contributed by atoms with E-state index in [4.69, 9.17) is 13.9 Å². The Bertz CT molecular complexity index is 1390. The zero-order chi connectivity index (χ0) is 27.4. The number of ether oxygens (including phenoxy) is 2. The second kappa shape index (κ2) is 11.6. The van der Waals surface area contributed by atoms with Gasteiger partial charge in [0.1, 0.15) is 17.1 Å². The Labute approximate surface area is 220 Å². The Balaban J connectivity index is 1.37. The van der Waals surface area contributed by atoms with Crippen LogP contribution in [0.3, 0.4) is 0 Å². The highest BCUT2D eigenvalue weighted by atomic mass is 19.4. The first kappa shape index (κ1) is 26.8. The first-order valence-electron chi connectivity index (χ1n) is 12.5. The van der Waals surface area contributed by atoms with Crippen molar-refractivity contribution in [1.29, 1.82) is 0 Å². The van der Waals surface area contributed by atoms with Crippen molar-refractivity contribution < 1.29 is 31.9 Å². The molecule has 3 aromatic rings. The summed E-state index contributed by atoms with van der Waals surface area (Å²) in [6.45, 7) is 6.54. The van der Waals surface area contributed by atoms with Gasteiger partial charge < -0.3 is 29.4 Å². The van der Waals surface area contributed by atoms with Crippen molar-refractivity contribution in [2.75, 3.05) is 81.2 Å². The number of carbonyl (C=O) groups is 1. The number of aromatic nitrogens is 2. The van der Waals surface area contributed by atoms with Gasteiger partial charge in [-0.05, 0) is 12.1 Å². The number of anilines is 3. The number of rotatable bonds is 7. The van der Waals surface area contributed by atoms with Gasteiger partial charge in [-0.15, -0.1) is 0 Å². The molecule has 0 spiro atoms. The van der Waals surface area contributed by atoms with E-state index in [2.05, 4.69) is 25.5 Å². The number of morpholine rings is 2. The van der Waals surface area contributed by atoms with Gasteiger partial charge in [-0.3, -0.25) is 9.69 Å². The summed E-state index contributed by atoms with van der Waals surface area (Å²) < 4.78 is 55.8. The molecule has 14 heteroatoms. The number of amides is 1. The van der Waals surface area contributed by atoms with E-state index in [1.807, 2.05) is 4.90 Å². The van der Waals surface area contributed by atoms with Crippen LogP contribution in [-0.4, -0.2) is 86.5 Å². The fraction of sp³-hybridized carbons (Fsp3) is 0.440. The van der Waals surface area contributed by atoms with Gasteiger partial charge in [-0.2, -0.15) is 18.2 Å². The molecular formula is C25H27F3N6O5. The SMILES string of the molecule is O=C(Nc1ccc2c(C(F)(F)F)cc(=O)oc2c1)c1cc(NCCN2CCOCC2)nc(N2CCOCC2)n1. The average molecular weight is 549 g/mol. The quantitative estimate of drug-likeness (QED) is 0.426. The molecule has 1 amide bonds. The Morgan fingerprint density at radius 2 is 1.69 bits per heavy atom. The maximum absolute atomic E-state index is 13.4. The number of alkyl halides is 3. The maximum atomic E-state index is 13.4. The van der Waals surface area contributed by atoms with Gasteiger partial charge in [0, 0.05) is 68.5 Å². The molecule has 0 aliphatic carbocycles. The van der Waals surface area contributed by atoms with Crippen molar-refractivity contribution in [3.63, 3.8) is 0 Å². The molecule has 0 unspecified atom stereocenters. The van der Waals surface area contributed by atoms with E-state index in [0.29, 0.717) is 63.9 Å². The van der Waals surface area contributed by atoms with E-state index >= 15 is 0 Å². The molecule has 0 radical (unpaired) electrons. The first-order valence-corrected chi connectivity index (χ1v) is 12.5. The lowest BCUT2D eigenvalue weighted by atomic mass is 10.1. The second-order valence-corrected chi connectivity index (χ2v) is 9.06. The molecule has 1 aromatic carbocycles. The number of halogens is 3. The molecular weight excluding hydrogens is 521 g/mol. The predicted octanol–water partition coefficient (Wildman–Crippen LogP) is 2.43. The van der Waals surface area contributed by atoms with Crippen LogP contribution in [0, 0.1) is 0 Å². The summed E-state index contributed by atoms with van der Waals surface area (Å²) in [5.41, 5.74) is -2.34. The van der Waals surface area contributed by atoms with Crippen molar-refractivity contribution in [2.45, 2.75) is 6.18 Å². The van der Waals surface area contributed by atoms with E-state index < -0.39 is 23.3 Å². The molecule has 2 N–H and O–H groups in total. The van der Waals surface area contributed by atoms with Crippen LogP contribution in [0.25, 0.3) is 11.0 Å². The zero-order valence-corrected chi connectivity index (χ0v) is 20.9. The van der Waals surface area contributed by atoms with E-state index in [9.17, 15) is 22.8 Å². The van der Waals surface area contributed by atoms with Gasteiger partial charge in [0.05, 0.1) is 32.0 Å². The van der Waals surface area contributed by atoms with Crippen LogP contribution in [0.2, 0.25) is 0 Å². The summed E-state index contributed by atoms with van der Waals surface area (Å²) >= 11 is 0. The molecule has 11 nitrogen and oxygen atoms in total. The van der Waals surface area contributed by atoms with Gasteiger partial charge in [0.2, 0.25) is 5.95 Å². The van der Waals surface area contributed by atoms with Gasteiger partial charge in [0.25, 0.3) is 5.91 Å². The minimum atomic E-state index is -4.74. The van der Waals surface area contributed by atoms with E-state index in [-0.39, 0.29) is 22.4 Å². The van der Waals surface area contributed by atoms with Gasteiger partial charge in [0.15, 0.2) is 0 Å². The van der Waals surface area contributed by atoms with E-state index in [1.54, 1.807) is 0 Å². The van der Waals surface area contributed by atoms with Crippen molar-refractivity contribution in [3.8, 4) is 0 Å². The fourth-order valence-corrected chi connectivity index (χ4v) is 4.38. The summed E-state index contributed by atoms with van der Waals surface area (Å²) in [7, 11) is 0. The van der Waals surface area contributed by atoms with Gasteiger partial charge in [-0.1, -0.05) is 0 Å². The molecule has 4 heterocycles. The Morgan fingerprint density at radius 1 is 0.974 bits per heavy atom. The van der Waals surface area contributed by atoms with Crippen LogP contribution < -0.4 is 21.2 Å². The molecule has 2 saturated heterocycles. The van der Waals surface area contributed by atoms with Crippen LogP contribution in [0.4, 0.5) is 30.6 Å². The molecule has 2 aliphatic heterocycles. The Morgan fingerprint density at radius 3 is 2.41 bits per heavy atom. The number of hydrogen-bond acceptors (Lipinski definition) is 10. The van der Waals surface area contributed by atoms with E-state index in [1.165, 1.54) is 18.2 Å². The van der Waals surface area contributed by atoms with Crippen LogP contribution in [-0.2, 0) is 15.7 Å². The molecule has 2 aliphatic rings. The number of carbonyl (C=O) groups excluding carboxylic acids is 1. The number of benzene rings is 1. The highest BCUT2D eigenvalue weighted by Crippen LogP contribution is 2.34. The van der Waals surface area contributed by atoms with E-state index in [0.717, 1.165) is 25.7 Å². The third-order valence-electron chi connectivity index (χ3n) is 6.39. The molecule has 208 valence electrons. The minimum absolute atomic E-state index is 0.0611. The Hall–Kier alpha value is -3.75. The van der Waals surface area contributed by atoms with Crippen LogP contribution in [0.5, 0.6) is 0 Å². The summed E-state index contributed by atoms with van der Waals surface area (Å²) in [4.78, 5) is 38.1. The predicted molar refractivity (Wildman–Crippen MR) is 136 cm³/mol. The second-order valence-electron chi connectivity index (χ2n) is 9.06. The largest absolute Gasteiger partial charge is 0.423 e. The topological polar surface area (TPSA) is 122 Å². The Kier molecular flexibility index (Phi) is 7.95. The first-order chi connectivity index (χ1) is 18.8. The molecule has 39 heavy (non-hydrogen) atoms. The normalized spacial score (nSPS) is 16.8. The molecule has 0 saturated carbocycles. The molecule has 0 atom stereocenters. The third-order valence-corrected chi connectivity index (χ3v) is 6.39. The maximum Gasteiger partial charge on any atom is 0.417 e. The lowest BCUT2D eigenvalue weighted by Gasteiger charge is -2.28. The highest BCUT2D eigenvalue weighted by molar-refractivity contribution is 6.04. The van der Waals surface area contributed by atoms with Crippen LogP contribution in [0.1, 0.15) is 16.1 Å². The van der Waals surface area contributed by atoms with Gasteiger partial charge in [-0.25, -0.2) is 9.78 Å². The lowest BCUT2D eigenvalue weighted by Crippen LogP contribution is -2.39. The smallest absolute Gasteiger partial charge is 0.417 e. The van der Waals surface area contributed by atoms with Crippen molar-refractivity contribution >= 4 is 34.3 Å². The lowest BCUT2D eigenvalue weighted by molar-refractivity contribution is -0.136. The van der Waals surface area contributed by atoms with Crippen molar-refractivity contribution in [3.05, 3.63) is 52.0 Å². The summed E-state index contributed by atoms with van der Waals surface area (Å²) in [5, 5.41) is 5.59. The van der Waals surface area contributed by atoms with Crippen LogP contribution >= 0.6 is 0 Å². The number of nitrogens with zero attached hydrogens (tertiary/aromatic N) is 4. The number of nitrogens with one attached hydrogen (secondary N) is 2. The van der Waals surface area contributed by atoms with Crippen molar-refractivity contribution in [1.82, 2.24) is 14.9 Å². The molecule has 5 rings (SSSR count). The third kappa shape index (κ3) is 6.64. The molecule has 2 fully saturated rings. The number of hydrogen-bond donors (Lipinski definition) is 2. The molecule has 2 aromatic heterocycles. The summed E-state index contributed by atoms with van der Waals surface area (Å²) in [5.74, 6) is 0.222. The fourth-order valence-electron chi connectivity index (χ4n) is 4.38. The summed E-state index contributed by atoms with van der Waals surface area (Å²) in [6.07, 6.45) is -4.74. The zero-order valence-electron chi connectivity index (χ0n) is 20.9. The summed E-state index contributed by atoms with van der Waals surface area (Å²) in [6, 6.07) is 5.55. The molecule has 0 bridgehead atoms.